The van der Waals surface area contributed by atoms with Gasteiger partial charge in [0, 0.05) is 4.47 Å². The third kappa shape index (κ3) is 5.47. The van der Waals surface area contributed by atoms with Gasteiger partial charge in [0.2, 0.25) is 11.8 Å². The average molecular weight is 449 g/mol. The summed E-state index contributed by atoms with van der Waals surface area (Å²) in [7, 11) is 0. The number of benzene rings is 1. The van der Waals surface area contributed by atoms with Gasteiger partial charge < -0.3 is 9.73 Å². The topological polar surface area (TPSA) is 71.3 Å². The summed E-state index contributed by atoms with van der Waals surface area (Å²) in [6, 6.07) is 9.73. The zero-order valence-electron chi connectivity index (χ0n) is 15.2. The summed E-state index contributed by atoms with van der Waals surface area (Å²) in [6.45, 7) is 5.54. The molecule has 0 bridgehead atoms. The standard InChI is InChI=1S/C19H21BrN4O2S/c1-3-8-24(11-17(25)21-15-7-6-13(2)10-14(15)20)12-18-22-23-19(26-18)16-5-4-9-27-16/h4-7,9-10H,3,8,11-12H2,1-2H3,(H,21,25). The van der Waals surface area contributed by atoms with Crippen molar-refractivity contribution >= 4 is 38.9 Å². The molecule has 0 unspecified atom stereocenters. The molecular formula is C19H21BrN4O2S. The van der Waals surface area contributed by atoms with E-state index in [0.29, 0.717) is 18.3 Å². The highest BCUT2D eigenvalue weighted by Gasteiger charge is 2.16. The van der Waals surface area contributed by atoms with Crippen LogP contribution in [0.3, 0.4) is 0 Å². The molecule has 1 N–H and O–H groups in total. The Balaban J connectivity index is 1.62. The summed E-state index contributed by atoms with van der Waals surface area (Å²) in [6.07, 6.45) is 0.924. The zero-order valence-corrected chi connectivity index (χ0v) is 17.6. The Kier molecular flexibility index (Phi) is 6.76. The first-order valence-electron chi connectivity index (χ1n) is 8.69. The van der Waals surface area contributed by atoms with Gasteiger partial charge in [-0.25, -0.2) is 0 Å². The van der Waals surface area contributed by atoms with Crippen LogP contribution in [-0.4, -0.2) is 34.1 Å². The molecule has 0 spiro atoms. The molecule has 8 heteroatoms. The molecule has 1 aromatic carbocycles. The van der Waals surface area contributed by atoms with Gasteiger partial charge >= 0.3 is 0 Å². The van der Waals surface area contributed by atoms with Crippen LogP contribution in [0.5, 0.6) is 0 Å². The van der Waals surface area contributed by atoms with Crippen LogP contribution < -0.4 is 5.32 Å². The number of anilines is 1. The normalized spacial score (nSPS) is 11.1. The number of hydrogen-bond donors (Lipinski definition) is 1. The number of nitrogens with zero attached hydrogens (tertiary/aromatic N) is 3. The first-order chi connectivity index (χ1) is 13.0. The van der Waals surface area contributed by atoms with E-state index in [1.54, 1.807) is 11.3 Å². The SMILES string of the molecule is CCCN(CC(=O)Nc1ccc(C)cc1Br)Cc1nnc(-c2cccs2)o1. The lowest BCUT2D eigenvalue weighted by atomic mass is 10.2. The maximum Gasteiger partial charge on any atom is 0.257 e. The van der Waals surface area contributed by atoms with Crippen LogP contribution in [0.25, 0.3) is 10.8 Å². The number of aromatic nitrogens is 2. The fourth-order valence-electron chi connectivity index (χ4n) is 2.65. The van der Waals surface area contributed by atoms with Gasteiger partial charge in [-0.1, -0.05) is 19.1 Å². The smallest absolute Gasteiger partial charge is 0.257 e. The average Bonchev–Trinajstić information content (AvgIpc) is 3.29. The van der Waals surface area contributed by atoms with Crippen LogP contribution >= 0.6 is 27.3 Å². The van der Waals surface area contributed by atoms with Gasteiger partial charge in [-0.05, 0) is 65.0 Å². The lowest BCUT2D eigenvalue weighted by Gasteiger charge is -2.19. The van der Waals surface area contributed by atoms with Crippen molar-refractivity contribution in [3.63, 3.8) is 0 Å². The summed E-state index contributed by atoms with van der Waals surface area (Å²) in [5.41, 5.74) is 1.89. The summed E-state index contributed by atoms with van der Waals surface area (Å²) >= 11 is 5.04. The third-order valence-electron chi connectivity index (χ3n) is 3.86. The van der Waals surface area contributed by atoms with E-state index in [4.69, 9.17) is 4.42 Å². The number of carbonyl (C=O) groups is 1. The minimum Gasteiger partial charge on any atom is -0.419 e. The van der Waals surface area contributed by atoms with E-state index < -0.39 is 0 Å². The van der Waals surface area contributed by atoms with Crippen LogP contribution in [0.1, 0.15) is 24.8 Å². The molecule has 27 heavy (non-hydrogen) atoms. The highest BCUT2D eigenvalue weighted by atomic mass is 79.9. The van der Waals surface area contributed by atoms with Crippen molar-refractivity contribution in [2.75, 3.05) is 18.4 Å². The Bertz CT molecular complexity index is 895. The van der Waals surface area contributed by atoms with E-state index in [0.717, 1.165) is 33.6 Å². The summed E-state index contributed by atoms with van der Waals surface area (Å²) in [4.78, 5) is 15.4. The molecule has 0 aliphatic carbocycles. The monoisotopic (exact) mass is 448 g/mol. The number of carbonyl (C=O) groups excluding carboxylic acids is 1. The van der Waals surface area contributed by atoms with Crippen molar-refractivity contribution in [3.8, 4) is 10.8 Å². The fraction of sp³-hybridized carbons (Fsp3) is 0.316. The molecule has 0 aliphatic heterocycles. The predicted octanol–water partition coefficient (Wildman–Crippen LogP) is 4.72. The van der Waals surface area contributed by atoms with Crippen molar-refractivity contribution in [2.45, 2.75) is 26.8 Å². The zero-order chi connectivity index (χ0) is 19.2. The molecule has 2 heterocycles. The second-order valence-corrected chi connectivity index (χ2v) is 8.02. The highest BCUT2D eigenvalue weighted by Crippen LogP contribution is 2.24. The van der Waals surface area contributed by atoms with Crippen molar-refractivity contribution in [2.24, 2.45) is 0 Å². The molecule has 0 aliphatic rings. The molecular weight excluding hydrogens is 428 g/mol. The maximum absolute atomic E-state index is 12.5. The predicted molar refractivity (Wildman–Crippen MR) is 111 cm³/mol. The first kappa shape index (κ1) is 19.7. The molecule has 6 nitrogen and oxygen atoms in total. The van der Waals surface area contributed by atoms with Crippen molar-refractivity contribution in [1.82, 2.24) is 15.1 Å². The van der Waals surface area contributed by atoms with E-state index >= 15 is 0 Å². The van der Waals surface area contributed by atoms with Gasteiger partial charge in [-0.2, -0.15) is 0 Å². The minimum atomic E-state index is -0.0778. The summed E-state index contributed by atoms with van der Waals surface area (Å²) in [5.74, 6) is 0.951. The Morgan fingerprint density at radius 3 is 2.89 bits per heavy atom. The molecule has 0 radical (unpaired) electrons. The number of thiophene rings is 1. The number of halogens is 1. The fourth-order valence-corrected chi connectivity index (χ4v) is 3.89. The van der Waals surface area contributed by atoms with Crippen LogP contribution in [0, 0.1) is 6.92 Å². The molecule has 0 saturated carbocycles. The van der Waals surface area contributed by atoms with Gasteiger partial charge in [0.1, 0.15) is 0 Å². The van der Waals surface area contributed by atoms with Crippen LogP contribution in [0.2, 0.25) is 0 Å². The third-order valence-corrected chi connectivity index (χ3v) is 5.38. The number of aryl methyl sites for hydroxylation is 1. The first-order valence-corrected chi connectivity index (χ1v) is 10.4. The van der Waals surface area contributed by atoms with Gasteiger partial charge in [-0.15, -0.1) is 21.5 Å². The van der Waals surface area contributed by atoms with E-state index in [2.05, 4.69) is 38.4 Å². The van der Waals surface area contributed by atoms with Gasteiger partial charge in [0.15, 0.2) is 0 Å². The highest BCUT2D eigenvalue weighted by molar-refractivity contribution is 9.10. The number of amides is 1. The van der Waals surface area contributed by atoms with Crippen molar-refractivity contribution in [3.05, 3.63) is 51.6 Å². The number of nitrogens with one attached hydrogen (secondary N) is 1. The maximum atomic E-state index is 12.5. The quantitative estimate of drug-likeness (QED) is 0.539. The second-order valence-electron chi connectivity index (χ2n) is 6.22. The van der Waals surface area contributed by atoms with Gasteiger partial charge in [-0.3, -0.25) is 9.69 Å². The lowest BCUT2D eigenvalue weighted by Crippen LogP contribution is -2.33. The molecule has 1 amide bonds. The van der Waals surface area contributed by atoms with E-state index in [1.807, 2.05) is 47.5 Å². The molecule has 0 fully saturated rings. The van der Waals surface area contributed by atoms with Crippen LogP contribution in [0.4, 0.5) is 5.69 Å². The Morgan fingerprint density at radius 1 is 1.33 bits per heavy atom. The second kappa shape index (κ2) is 9.25. The lowest BCUT2D eigenvalue weighted by molar-refractivity contribution is -0.117. The molecule has 2 aromatic heterocycles. The molecule has 142 valence electrons. The van der Waals surface area contributed by atoms with E-state index in [1.165, 1.54) is 0 Å². The summed E-state index contributed by atoms with van der Waals surface area (Å²) < 4.78 is 6.62. The summed E-state index contributed by atoms with van der Waals surface area (Å²) in [5, 5.41) is 13.1. The van der Waals surface area contributed by atoms with Crippen molar-refractivity contribution in [1.29, 1.82) is 0 Å². The van der Waals surface area contributed by atoms with Crippen LogP contribution in [-0.2, 0) is 11.3 Å². The molecule has 0 saturated heterocycles. The number of rotatable bonds is 8. The minimum absolute atomic E-state index is 0.0778. The number of hydrogen-bond acceptors (Lipinski definition) is 6. The molecule has 3 rings (SSSR count). The molecule has 0 atom stereocenters. The Hall–Kier alpha value is -2.03. The molecule has 3 aromatic rings. The largest absolute Gasteiger partial charge is 0.419 e. The van der Waals surface area contributed by atoms with E-state index in [-0.39, 0.29) is 12.5 Å². The Morgan fingerprint density at radius 2 is 2.19 bits per heavy atom. The van der Waals surface area contributed by atoms with Crippen molar-refractivity contribution < 1.29 is 9.21 Å². The Labute approximate surface area is 170 Å². The van der Waals surface area contributed by atoms with Crippen LogP contribution in [0.15, 0.2) is 44.6 Å². The van der Waals surface area contributed by atoms with Gasteiger partial charge in [0.05, 0.1) is 23.7 Å². The van der Waals surface area contributed by atoms with E-state index in [9.17, 15) is 4.79 Å². The van der Waals surface area contributed by atoms with Gasteiger partial charge in [0.25, 0.3) is 5.89 Å².